The Labute approximate surface area is 295 Å². The Morgan fingerprint density at radius 2 is 1.29 bits per heavy atom. The minimum Gasteiger partial charge on any atom is -0.462 e. The van der Waals surface area contributed by atoms with Crippen molar-refractivity contribution >= 4 is 35.6 Å². The summed E-state index contributed by atoms with van der Waals surface area (Å²) in [6.45, 7) is 12.9. The maximum Gasteiger partial charge on any atom is 0.338 e. The number of esters is 5. The molecule has 20 atom stereocenters. The van der Waals surface area contributed by atoms with Crippen molar-refractivity contribution in [3.05, 3.63) is 0 Å². The first kappa shape index (κ1) is 36.2. The first-order valence-electron chi connectivity index (χ1n) is 17.7. The Bertz CT molecular complexity index is 1590. The summed E-state index contributed by atoms with van der Waals surface area (Å²) in [5, 5.41) is 37.0. The van der Waals surface area contributed by atoms with Gasteiger partial charge in [0.1, 0.15) is 42.7 Å². The topological polar surface area (TPSA) is 222 Å². The van der Waals surface area contributed by atoms with Crippen LogP contribution in [-0.4, -0.2) is 111 Å². The highest BCUT2D eigenvalue weighted by atomic mass is 16.6. The van der Waals surface area contributed by atoms with Gasteiger partial charge in [0.25, 0.3) is 0 Å². The van der Waals surface area contributed by atoms with Gasteiger partial charge in [-0.3, -0.25) is 24.0 Å². The lowest BCUT2D eigenvalue weighted by Gasteiger charge is -2.65. The number of carbonyl (C=O) groups excluding carboxylic acids is 6. The molecule has 7 rings (SSSR count). The van der Waals surface area contributed by atoms with Gasteiger partial charge in [0, 0.05) is 74.0 Å². The zero-order chi connectivity index (χ0) is 37.7. The number of aliphatic hydroxyl groups excluding tert-OH is 2. The van der Waals surface area contributed by atoms with E-state index < -0.39 is 154 Å². The highest BCUT2D eigenvalue weighted by molar-refractivity contribution is 5.88. The van der Waals surface area contributed by atoms with Gasteiger partial charge in [0.2, 0.25) is 0 Å². The zero-order valence-electron chi connectivity index (χ0n) is 30.2. The van der Waals surface area contributed by atoms with Gasteiger partial charge in [-0.15, -0.1) is 0 Å². The quantitative estimate of drug-likeness (QED) is 0.201. The second kappa shape index (κ2) is 11.2. The van der Waals surface area contributed by atoms with Crippen molar-refractivity contribution in [3.8, 4) is 0 Å². The molecule has 0 bridgehead atoms. The van der Waals surface area contributed by atoms with E-state index in [1.165, 1.54) is 34.6 Å². The van der Waals surface area contributed by atoms with Crippen molar-refractivity contribution in [2.45, 2.75) is 129 Å². The lowest BCUT2D eigenvalue weighted by molar-refractivity contribution is -0.272. The number of hydrogen-bond acceptors (Lipinski definition) is 15. The molecule has 15 heteroatoms. The van der Waals surface area contributed by atoms with Gasteiger partial charge in [-0.05, 0) is 19.3 Å². The second-order valence-electron chi connectivity index (χ2n) is 16.9. The fourth-order valence-electron chi connectivity index (χ4n) is 12.8. The molecule has 0 amide bonds. The molecule has 0 radical (unpaired) electrons. The third kappa shape index (κ3) is 4.43. The van der Waals surface area contributed by atoms with Crippen LogP contribution in [0.1, 0.15) is 68.7 Å². The zero-order valence-corrected chi connectivity index (χ0v) is 30.2. The molecule has 2 heterocycles. The summed E-state index contributed by atoms with van der Waals surface area (Å²) in [6.07, 6.45) is -10.1. The third-order valence-corrected chi connectivity index (χ3v) is 14.7. The average molecular weight is 721 g/mol. The first-order chi connectivity index (χ1) is 23.6. The van der Waals surface area contributed by atoms with Crippen LogP contribution in [0.2, 0.25) is 0 Å². The molecule has 51 heavy (non-hydrogen) atoms. The normalized spacial score (nSPS) is 54.6. The summed E-state index contributed by atoms with van der Waals surface area (Å²) in [6, 6.07) is 0. The molecule has 2 aliphatic heterocycles. The van der Waals surface area contributed by atoms with Crippen LogP contribution in [0.5, 0.6) is 0 Å². The SMILES string of the molecule is CC(=O)O[C@@H]1[C@H]2[C@H]3[C@H]([C@H](O)[C@H](OC(C)=O)[C@]2(C)[C@H]2[C@H](C)[C@H](OC(C)=O)[C@@H]4OC(=O)C(C)(O)[C@]4(C)[C@H]12)[C@]1(C)[C@H](C[C@@H]2O[C@H]2[C@@H]1OC(C)=O)C(=O)[C@@H]3O. The lowest BCUT2D eigenvalue weighted by atomic mass is 9.41. The van der Waals surface area contributed by atoms with Crippen molar-refractivity contribution in [2.24, 2.45) is 57.7 Å². The van der Waals surface area contributed by atoms with E-state index in [1.807, 2.05) is 0 Å². The molecular weight excluding hydrogens is 672 g/mol. The molecule has 3 N–H and O–H groups in total. The maximum atomic E-state index is 14.5. The van der Waals surface area contributed by atoms with Crippen molar-refractivity contribution in [3.63, 3.8) is 0 Å². The highest BCUT2D eigenvalue weighted by Gasteiger charge is 2.85. The molecule has 0 aromatic heterocycles. The van der Waals surface area contributed by atoms with E-state index >= 15 is 0 Å². The Balaban J connectivity index is 1.51. The molecule has 0 aromatic rings. The number of rotatable bonds is 4. The van der Waals surface area contributed by atoms with Crippen molar-refractivity contribution in [2.75, 3.05) is 0 Å². The Kier molecular flexibility index (Phi) is 7.95. The van der Waals surface area contributed by atoms with Gasteiger partial charge in [-0.25, -0.2) is 4.79 Å². The Morgan fingerprint density at radius 1 is 0.745 bits per heavy atom. The van der Waals surface area contributed by atoms with E-state index in [1.54, 1.807) is 27.7 Å². The van der Waals surface area contributed by atoms with Crippen LogP contribution in [0.3, 0.4) is 0 Å². The molecule has 0 spiro atoms. The fourth-order valence-corrected chi connectivity index (χ4v) is 12.8. The molecule has 1 unspecified atom stereocenters. The summed E-state index contributed by atoms with van der Waals surface area (Å²) in [5.74, 6) is -11.2. The summed E-state index contributed by atoms with van der Waals surface area (Å²) < 4.78 is 35.7. The fraction of sp³-hybridized carbons (Fsp3) is 0.833. The molecule has 5 saturated carbocycles. The van der Waals surface area contributed by atoms with Crippen molar-refractivity contribution in [1.29, 1.82) is 0 Å². The van der Waals surface area contributed by atoms with Crippen LogP contribution in [0.15, 0.2) is 0 Å². The molecule has 0 aromatic carbocycles. The molecule has 282 valence electrons. The number of aliphatic hydroxyl groups is 3. The van der Waals surface area contributed by atoms with Crippen LogP contribution >= 0.6 is 0 Å². The predicted octanol–water partition coefficient (Wildman–Crippen LogP) is 0.258. The van der Waals surface area contributed by atoms with Crippen LogP contribution in [0.4, 0.5) is 0 Å². The summed E-state index contributed by atoms with van der Waals surface area (Å²) in [5.41, 5.74) is -6.66. The average Bonchev–Trinajstić information content (AvgIpc) is 3.70. The number of carbonyl (C=O) groups is 6. The van der Waals surface area contributed by atoms with Gasteiger partial charge >= 0.3 is 29.8 Å². The number of epoxide rings is 1. The number of ketones is 1. The molecule has 2 saturated heterocycles. The van der Waals surface area contributed by atoms with E-state index in [4.69, 9.17) is 28.4 Å². The van der Waals surface area contributed by atoms with Crippen molar-refractivity contribution in [1.82, 2.24) is 0 Å². The number of hydrogen-bond donors (Lipinski definition) is 3. The number of Topliss-reactive ketones (excluding diaryl/α,β-unsaturated/α-hetero) is 1. The molecule has 15 nitrogen and oxygen atoms in total. The monoisotopic (exact) mass is 720 g/mol. The Morgan fingerprint density at radius 3 is 1.86 bits per heavy atom. The Hall–Kier alpha value is -3.14. The van der Waals surface area contributed by atoms with E-state index in [0.29, 0.717) is 0 Å². The standard InChI is InChI=1S/C36H48O15/c1-11-19-22(35(8)31(26(11)46-12(2)37)51-32(44)36(35,9)45)28(47-13(3)38)21-18-20(25(43)29(34(19,21)7)48-14(4)39)33(6)16(23(41)24(18)42)10-17-27(50-17)30(33)49-15(5)40/h11,16-22,24-31,42-43,45H,10H2,1-9H3/t11-,16+,17-,18+,19-,20+,21+,22-,24+,25-,26-,27+,28+,29-,30-,31-,33-,34+,35+,36?/m0/s1. The van der Waals surface area contributed by atoms with Crippen LogP contribution in [0, 0.1) is 57.7 Å². The molecule has 7 aliphatic rings. The van der Waals surface area contributed by atoms with Crippen LogP contribution in [0.25, 0.3) is 0 Å². The van der Waals surface area contributed by atoms with Crippen LogP contribution in [-0.2, 0) is 57.2 Å². The third-order valence-electron chi connectivity index (χ3n) is 14.7. The predicted molar refractivity (Wildman–Crippen MR) is 167 cm³/mol. The number of fused-ring (bicyclic) bond motifs is 10. The second-order valence-corrected chi connectivity index (χ2v) is 16.9. The van der Waals surface area contributed by atoms with E-state index in [2.05, 4.69) is 0 Å². The summed E-state index contributed by atoms with van der Waals surface area (Å²) in [7, 11) is 0. The van der Waals surface area contributed by atoms with E-state index in [9.17, 15) is 44.1 Å². The first-order valence-corrected chi connectivity index (χ1v) is 17.7. The molecule has 5 aliphatic carbocycles. The van der Waals surface area contributed by atoms with Gasteiger partial charge in [0.05, 0.1) is 17.6 Å². The maximum absolute atomic E-state index is 14.5. The van der Waals surface area contributed by atoms with Gasteiger partial charge in [-0.2, -0.15) is 0 Å². The highest BCUT2D eigenvalue weighted by Crippen LogP contribution is 2.76. The number of ether oxygens (including phenoxy) is 6. The van der Waals surface area contributed by atoms with Gasteiger partial charge in [0.15, 0.2) is 11.4 Å². The smallest absolute Gasteiger partial charge is 0.338 e. The van der Waals surface area contributed by atoms with Gasteiger partial charge < -0.3 is 43.7 Å². The summed E-state index contributed by atoms with van der Waals surface area (Å²) in [4.78, 5) is 79.2. The van der Waals surface area contributed by atoms with Crippen molar-refractivity contribution < 1.29 is 72.5 Å². The minimum absolute atomic E-state index is 0.201. The van der Waals surface area contributed by atoms with Gasteiger partial charge in [-0.1, -0.05) is 27.7 Å². The molecule has 7 fully saturated rings. The lowest BCUT2D eigenvalue weighted by Crippen LogP contribution is -2.74. The minimum atomic E-state index is -2.23. The van der Waals surface area contributed by atoms with E-state index in [0.717, 1.165) is 0 Å². The largest absolute Gasteiger partial charge is 0.462 e. The summed E-state index contributed by atoms with van der Waals surface area (Å²) >= 11 is 0. The van der Waals surface area contributed by atoms with E-state index in [-0.39, 0.29) is 6.42 Å². The molecular formula is C36H48O15. The van der Waals surface area contributed by atoms with Crippen LogP contribution < -0.4 is 0 Å².